The van der Waals surface area contributed by atoms with Gasteiger partial charge in [-0.2, -0.15) is 0 Å². The van der Waals surface area contributed by atoms with Crippen molar-refractivity contribution in [2.75, 3.05) is 13.2 Å². The van der Waals surface area contributed by atoms with Gasteiger partial charge >= 0.3 is 5.97 Å². The summed E-state index contributed by atoms with van der Waals surface area (Å²) in [7, 11) is 0. The van der Waals surface area contributed by atoms with Gasteiger partial charge in [0.2, 0.25) is 0 Å². The molecular weight excluding hydrogens is 208 g/mol. The minimum atomic E-state index is -0.521. The molecule has 1 fully saturated rings. The molecule has 16 heavy (non-hydrogen) atoms. The van der Waals surface area contributed by atoms with E-state index in [9.17, 15) is 9.59 Å². The third-order valence-corrected chi connectivity index (χ3v) is 2.42. The molecule has 0 radical (unpaired) electrons. The summed E-state index contributed by atoms with van der Waals surface area (Å²) in [5.74, 6) is -0.470. The summed E-state index contributed by atoms with van der Waals surface area (Å²) < 4.78 is 10.3. The molecule has 1 saturated heterocycles. The number of carbonyl (C=O) groups is 2. The van der Waals surface area contributed by atoms with Crippen molar-refractivity contribution >= 4 is 11.8 Å². The number of carbonyl (C=O) groups excluding carboxylic acids is 2. The largest absolute Gasteiger partial charge is 0.460 e. The molecule has 0 N–H and O–H groups in total. The molecule has 0 atom stereocenters. The van der Waals surface area contributed by atoms with E-state index in [1.165, 1.54) is 0 Å². The lowest BCUT2D eigenvalue weighted by atomic mass is 9.93. The molecule has 0 amide bonds. The Bertz CT molecular complexity index is 259. The Kier molecular flexibility index (Phi) is 4.47. The van der Waals surface area contributed by atoms with E-state index in [0.717, 1.165) is 12.8 Å². The van der Waals surface area contributed by atoms with Gasteiger partial charge in [0.15, 0.2) is 0 Å². The zero-order chi connectivity index (χ0) is 12.2. The lowest BCUT2D eigenvalue weighted by Gasteiger charge is -2.22. The molecule has 0 saturated carbocycles. The first-order chi connectivity index (χ1) is 7.38. The van der Waals surface area contributed by atoms with Gasteiger partial charge in [-0.3, -0.25) is 9.59 Å². The monoisotopic (exact) mass is 228 g/mol. The minimum absolute atomic E-state index is 0.0162. The summed E-state index contributed by atoms with van der Waals surface area (Å²) in [6.45, 7) is 6.62. The molecule has 0 aromatic rings. The van der Waals surface area contributed by atoms with Crippen LogP contribution in [0.15, 0.2) is 0 Å². The second-order valence-corrected chi connectivity index (χ2v) is 5.12. The third kappa shape index (κ3) is 4.75. The Morgan fingerprint density at radius 2 is 1.81 bits per heavy atom. The second kappa shape index (κ2) is 5.43. The lowest BCUT2D eigenvalue weighted by Crippen LogP contribution is -2.29. The molecule has 0 aliphatic carbocycles. The van der Waals surface area contributed by atoms with Crippen LogP contribution in [0.1, 0.15) is 40.0 Å². The van der Waals surface area contributed by atoms with E-state index >= 15 is 0 Å². The Balaban J connectivity index is 2.35. The van der Waals surface area contributed by atoms with Crippen molar-refractivity contribution in [3.63, 3.8) is 0 Å². The minimum Gasteiger partial charge on any atom is -0.460 e. The fourth-order valence-corrected chi connectivity index (χ4v) is 1.68. The SMILES string of the molecule is CC(C)(C)OC(=O)CC(=O)C1CCOCC1. The molecule has 0 unspecified atom stereocenters. The molecule has 0 aromatic carbocycles. The molecule has 1 aliphatic rings. The van der Waals surface area contributed by atoms with Crippen LogP contribution in [0.5, 0.6) is 0 Å². The van der Waals surface area contributed by atoms with Crippen LogP contribution in [0.3, 0.4) is 0 Å². The molecule has 0 aromatic heterocycles. The fraction of sp³-hybridized carbons (Fsp3) is 0.833. The number of ketones is 1. The molecule has 92 valence electrons. The smallest absolute Gasteiger partial charge is 0.313 e. The van der Waals surface area contributed by atoms with Crippen LogP contribution in [0.4, 0.5) is 0 Å². The molecule has 0 spiro atoms. The van der Waals surface area contributed by atoms with Gasteiger partial charge in [0.05, 0.1) is 0 Å². The first-order valence-electron chi connectivity index (χ1n) is 5.71. The highest BCUT2D eigenvalue weighted by molar-refractivity contribution is 5.96. The van der Waals surface area contributed by atoms with Gasteiger partial charge in [-0.25, -0.2) is 0 Å². The van der Waals surface area contributed by atoms with Gasteiger partial charge in [-0.05, 0) is 33.6 Å². The van der Waals surface area contributed by atoms with Gasteiger partial charge in [-0.1, -0.05) is 0 Å². The average Bonchev–Trinajstić information content (AvgIpc) is 2.16. The van der Waals surface area contributed by atoms with Crippen molar-refractivity contribution in [3.05, 3.63) is 0 Å². The summed E-state index contributed by atoms with van der Waals surface area (Å²) in [5, 5.41) is 0. The van der Waals surface area contributed by atoms with Crippen molar-refractivity contribution in [1.29, 1.82) is 0 Å². The van der Waals surface area contributed by atoms with E-state index in [-0.39, 0.29) is 18.1 Å². The highest BCUT2D eigenvalue weighted by Gasteiger charge is 2.25. The fourth-order valence-electron chi connectivity index (χ4n) is 1.68. The van der Waals surface area contributed by atoms with Crippen LogP contribution in [-0.4, -0.2) is 30.6 Å². The van der Waals surface area contributed by atoms with Crippen LogP contribution in [0.25, 0.3) is 0 Å². The normalized spacial score (nSPS) is 18.2. The number of rotatable bonds is 3. The van der Waals surface area contributed by atoms with E-state index in [1.807, 2.05) is 0 Å². The van der Waals surface area contributed by atoms with E-state index < -0.39 is 11.6 Å². The quantitative estimate of drug-likeness (QED) is 0.545. The number of esters is 1. The molecule has 1 aliphatic heterocycles. The predicted octanol–water partition coefficient (Wildman–Crippen LogP) is 1.71. The number of hydrogen-bond donors (Lipinski definition) is 0. The van der Waals surface area contributed by atoms with Crippen LogP contribution < -0.4 is 0 Å². The van der Waals surface area contributed by atoms with E-state index in [4.69, 9.17) is 9.47 Å². The number of ether oxygens (including phenoxy) is 2. The molecule has 4 heteroatoms. The van der Waals surface area contributed by atoms with Crippen LogP contribution in [0.2, 0.25) is 0 Å². The van der Waals surface area contributed by atoms with Crippen molar-refractivity contribution in [1.82, 2.24) is 0 Å². The molecule has 1 heterocycles. The maximum atomic E-state index is 11.7. The highest BCUT2D eigenvalue weighted by Crippen LogP contribution is 2.18. The lowest BCUT2D eigenvalue weighted by molar-refractivity contribution is -0.157. The Labute approximate surface area is 96.3 Å². The van der Waals surface area contributed by atoms with Crippen molar-refractivity contribution < 1.29 is 19.1 Å². The van der Waals surface area contributed by atoms with Crippen LogP contribution >= 0.6 is 0 Å². The van der Waals surface area contributed by atoms with Gasteiger partial charge < -0.3 is 9.47 Å². The molecule has 0 bridgehead atoms. The average molecular weight is 228 g/mol. The summed E-state index contributed by atoms with van der Waals surface area (Å²) in [4.78, 5) is 23.2. The van der Waals surface area contributed by atoms with E-state index in [2.05, 4.69) is 0 Å². The first kappa shape index (κ1) is 13.2. The predicted molar refractivity (Wildman–Crippen MR) is 59.0 cm³/mol. The van der Waals surface area contributed by atoms with E-state index in [1.54, 1.807) is 20.8 Å². The molecular formula is C12H20O4. The number of Topliss-reactive ketones (excluding diaryl/α,β-unsaturated/α-hetero) is 1. The zero-order valence-corrected chi connectivity index (χ0v) is 10.2. The van der Waals surface area contributed by atoms with Gasteiger partial charge in [0.25, 0.3) is 0 Å². The van der Waals surface area contributed by atoms with Gasteiger partial charge in [0.1, 0.15) is 17.8 Å². The van der Waals surface area contributed by atoms with Gasteiger partial charge in [-0.15, -0.1) is 0 Å². The summed E-state index contributed by atoms with van der Waals surface area (Å²) >= 11 is 0. The molecule has 4 nitrogen and oxygen atoms in total. The second-order valence-electron chi connectivity index (χ2n) is 5.12. The Morgan fingerprint density at radius 1 is 1.25 bits per heavy atom. The maximum absolute atomic E-state index is 11.7. The van der Waals surface area contributed by atoms with Crippen LogP contribution in [0, 0.1) is 5.92 Å². The summed E-state index contributed by atoms with van der Waals surface area (Å²) in [6, 6.07) is 0. The zero-order valence-electron chi connectivity index (χ0n) is 10.2. The standard InChI is InChI=1S/C12H20O4/c1-12(2,3)16-11(14)8-10(13)9-4-6-15-7-5-9/h9H,4-8H2,1-3H3. The summed E-state index contributed by atoms with van der Waals surface area (Å²) in [5.41, 5.74) is -0.521. The summed E-state index contributed by atoms with van der Waals surface area (Å²) in [6.07, 6.45) is 1.34. The van der Waals surface area contributed by atoms with Crippen LogP contribution in [-0.2, 0) is 19.1 Å². The first-order valence-corrected chi connectivity index (χ1v) is 5.71. The maximum Gasteiger partial charge on any atom is 0.313 e. The van der Waals surface area contributed by atoms with Gasteiger partial charge in [0, 0.05) is 19.1 Å². The highest BCUT2D eigenvalue weighted by atomic mass is 16.6. The van der Waals surface area contributed by atoms with Crippen molar-refractivity contribution in [2.45, 2.75) is 45.6 Å². The van der Waals surface area contributed by atoms with Crippen molar-refractivity contribution in [2.24, 2.45) is 5.92 Å². The topological polar surface area (TPSA) is 52.6 Å². The molecule has 1 rings (SSSR count). The third-order valence-electron chi connectivity index (χ3n) is 2.42. The van der Waals surface area contributed by atoms with Crippen molar-refractivity contribution in [3.8, 4) is 0 Å². The van der Waals surface area contributed by atoms with E-state index in [0.29, 0.717) is 13.2 Å². The number of hydrogen-bond acceptors (Lipinski definition) is 4. The Morgan fingerprint density at radius 3 is 2.31 bits per heavy atom. The Hall–Kier alpha value is -0.900.